The van der Waals surface area contributed by atoms with Gasteiger partial charge in [-0.1, -0.05) is 36.8 Å². The van der Waals surface area contributed by atoms with Crippen LogP contribution >= 0.6 is 21.6 Å². The van der Waals surface area contributed by atoms with Crippen molar-refractivity contribution in [1.29, 1.82) is 0 Å². The van der Waals surface area contributed by atoms with Gasteiger partial charge in [0.15, 0.2) is 0 Å². The predicted molar refractivity (Wildman–Crippen MR) is 67.4 cm³/mol. The van der Waals surface area contributed by atoms with E-state index in [1.54, 1.807) is 10.8 Å². The summed E-state index contributed by atoms with van der Waals surface area (Å²) in [6.45, 7) is 8.30. The van der Waals surface area contributed by atoms with Crippen LogP contribution in [0.3, 0.4) is 0 Å². The number of rotatable bonds is 5. The smallest absolute Gasteiger partial charge is 0.106 e. The van der Waals surface area contributed by atoms with Gasteiger partial charge in [-0.2, -0.15) is 0 Å². The summed E-state index contributed by atoms with van der Waals surface area (Å²) in [7, 11) is 3.55. The van der Waals surface area contributed by atoms with Crippen molar-refractivity contribution in [3.05, 3.63) is 23.3 Å². The quantitative estimate of drug-likeness (QED) is 0.385. The summed E-state index contributed by atoms with van der Waals surface area (Å²) >= 11 is 0. The maximum absolute atomic E-state index is 4.26. The average Bonchev–Trinajstić information content (AvgIpc) is 2.09. The van der Waals surface area contributed by atoms with Crippen LogP contribution in [0.5, 0.6) is 0 Å². The Morgan fingerprint density at radius 1 is 1.31 bits per heavy atom. The number of hydrogen-bond donors (Lipinski definition) is 0. The fraction of sp³-hybridized carbons (Fsp3) is 0.500. The second-order valence-electron chi connectivity index (χ2n) is 2.65. The third-order valence-corrected chi connectivity index (χ3v) is 3.86. The van der Waals surface area contributed by atoms with Gasteiger partial charge in [-0.25, -0.2) is 0 Å². The second kappa shape index (κ2) is 8.45. The fourth-order valence-corrected chi connectivity index (χ4v) is 2.29. The third kappa shape index (κ3) is 8.19. The zero-order valence-corrected chi connectivity index (χ0v) is 10.3. The van der Waals surface area contributed by atoms with E-state index in [0.29, 0.717) is 5.25 Å². The molecule has 74 valence electrons. The van der Waals surface area contributed by atoms with Gasteiger partial charge in [-0.15, -0.1) is 0 Å². The first-order valence-electron chi connectivity index (χ1n) is 4.35. The molecule has 0 spiro atoms. The molecule has 0 aromatic rings. The lowest BCUT2D eigenvalue weighted by Gasteiger charge is -2.02. The molecule has 13 heavy (non-hydrogen) atoms. The molecular formula is C10H17NS2. The molecule has 0 rings (SSSR count). The average molecular weight is 215 g/mol. The Labute approximate surface area is 89.2 Å². The largest absolute Gasteiger partial charge is 0.254 e. The van der Waals surface area contributed by atoms with E-state index in [9.17, 15) is 0 Å². The van der Waals surface area contributed by atoms with Gasteiger partial charge in [-0.3, -0.25) is 4.99 Å². The SMILES string of the molecule is C\C=C/C=C(\N=C/C)SSC(C)C. The highest BCUT2D eigenvalue weighted by atomic mass is 33.1. The highest BCUT2D eigenvalue weighted by Gasteiger charge is 1.97. The Bertz CT molecular complexity index is 205. The van der Waals surface area contributed by atoms with Crippen LogP contribution in [-0.4, -0.2) is 11.5 Å². The fourth-order valence-electron chi connectivity index (χ4n) is 0.544. The van der Waals surface area contributed by atoms with Crippen LogP contribution in [0.25, 0.3) is 0 Å². The summed E-state index contributed by atoms with van der Waals surface area (Å²) in [5.74, 6) is 0. The van der Waals surface area contributed by atoms with E-state index in [2.05, 4.69) is 18.8 Å². The number of allylic oxidation sites excluding steroid dienone is 3. The molecule has 0 fully saturated rings. The van der Waals surface area contributed by atoms with Gasteiger partial charge in [0.05, 0.1) is 0 Å². The third-order valence-electron chi connectivity index (χ3n) is 1.01. The van der Waals surface area contributed by atoms with Gasteiger partial charge >= 0.3 is 0 Å². The molecule has 3 heteroatoms. The first-order chi connectivity index (χ1) is 6.20. The van der Waals surface area contributed by atoms with Gasteiger partial charge < -0.3 is 0 Å². The zero-order chi connectivity index (χ0) is 10.1. The highest BCUT2D eigenvalue weighted by Crippen LogP contribution is 2.33. The van der Waals surface area contributed by atoms with E-state index in [-0.39, 0.29) is 0 Å². The van der Waals surface area contributed by atoms with Crippen molar-refractivity contribution in [3.8, 4) is 0 Å². The molecule has 0 radical (unpaired) electrons. The van der Waals surface area contributed by atoms with Crippen LogP contribution in [0.15, 0.2) is 28.2 Å². The predicted octanol–water partition coefficient (Wildman–Crippen LogP) is 4.28. The first kappa shape index (κ1) is 12.8. The van der Waals surface area contributed by atoms with E-state index in [1.165, 1.54) is 0 Å². The number of hydrogen-bond acceptors (Lipinski definition) is 3. The zero-order valence-electron chi connectivity index (χ0n) is 8.65. The molecule has 0 bridgehead atoms. The van der Waals surface area contributed by atoms with Crippen LogP contribution < -0.4 is 0 Å². The van der Waals surface area contributed by atoms with Gasteiger partial charge in [0.2, 0.25) is 0 Å². The van der Waals surface area contributed by atoms with Gasteiger partial charge in [-0.05, 0) is 30.7 Å². The Kier molecular flexibility index (Phi) is 8.35. The van der Waals surface area contributed by atoms with E-state index in [1.807, 2.05) is 49.1 Å². The molecule has 0 amide bonds. The molecule has 0 unspecified atom stereocenters. The maximum atomic E-state index is 4.26. The molecule has 0 saturated carbocycles. The van der Waals surface area contributed by atoms with E-state index in [4.69, 9.17) is 0 Å². The minimum absolute atomic E-state index is 0.631. The molecule has 0 N–H and O–H groups in total. The molecule has 0 saturated heterocycles. The maximum Gasteiger partial charge on any atom is 0.106 e. The highest BCUT2D eigenvalue weighted by molar-refractivity contribution is 8.78. The van der Waals surface area contributed by atoms with E-state index in [0.717, 1.165) is 5.03 Å². The summed E-state index contributed by atoms with van der Waals surface area (Å²) in [6, 6.07) is 0. The molecule has 0 heterocycles. The summed E-state index contributed by atoms with van der Waals surface area (Å²) in [5.41, 5.74) is 0. The Morgan fingerprint density at radius 2 is 2.00 bits per heavy atom. The molecule has 0 aromatic heterocycles. The van der Waals surface area contributed by atoms with Crippen LogP contribution in [-0.2, 0) is 0 Å². The standard InChI is InChI=1S/C10H17NS2/c1-5-7-8-10(11-6-2)13-12-9(3)4/h5-9H,1-4H3/b7-5-,10-8+,11-6-. The van der Waals surface area contributed by atoms with Crippen molar-refractivity contribution in [3.63, 3.8) is 0 Å². The molecule has 0 aliphatic heterocycles. The summed E-state index contributed by atoms with van der Waals surface area (Å²) < 4.78 is 0. The van der Waals surface area contributed by atoms with Crippen molar-refractivity contribution in [2.75, 3.05) is 0 Å². The topological polar surface area (TPSA) is 12.4 Å². The van der Waals surface area contributed by atoms with Crippen molar-refractivity contribution in [2.24, 2.45) is 4.99 Å². The summed E-state index contributed by atoms with van der Waals surface area (Å²) in [5, 5.41) is 1.69. The van der Waals surface area contributed by atoms with Gasteiger partial charge in [0.25, 0.3) is 0 Å². The second-order valence-corrected chi connectivity index (χ2v) is 5.44. The van der Waals surface area contributed by atoms with Crippen LogP contribution in [0.1, 0.15) is 27.7 Å². The lowest BCUT2D eigenvalue weighted by Crippen LogP contribution is -1.81. The monoisotopic (exact) mass is 215 g/mol. The lowest BCUT2D eigenvalue weighted by molar-refractivity contribution is 1.12. The first-order valence-corrected chi connectivity index (χ1v) is 6.57. The van der Waals surface area contributed by atoms with Crippen LogP contribution in [0.4, 0.5) is 0 Å². The lowest BCUT2D eigenvalue weighted by atomic mass is 10.5. The van der Waals surface area contributed by atoms with Crippen molar-refractivity contribution >= 4 is 27.8 Å². The van der Waals surface area contributed by atoms with E-state index < -0.39 is 0 Å². The summed E-state index contributed by atoms with van der Waals surface area (Å²) in [6.07, 6.45) is 7.87. The Morgan fingerprint density at radius 3 is 2.46 bits per heavy atom. The minimum atomic E-state index is 0.631. The van der Waals surface area contributed by atoms with Crippen molar-refractivity contribution in [2.45, 2.75) is 32.9 Å². The van der Waals surface area contributed by atoms with Gasteiger partial charge in [0.1, 0.15) is 5.03 Å². The van der Waals surface area contributed by atoms with Crippen molar-refractivity contribution < 1.29 is 0 Å². The normalized spacial score (nSPS) is 13.8. The summed E-state index contributed by atoms with van der Waals surface area (Å²) in [4.78, 5) is 4.26. The molecule has 0 atom stereocenters. The number of aliphatic imine (C=N–C) groups is 1. The minimum Gasteiger partial charge on any atom is -0.254 e. The molecule has 0 aliphatic carbocycles. The molecular weight excluding hydrogens is 198 g/mol. The molecule has 1 nitrogen and oxygen atoms in total. The van der Waals surface area contributed by atoms with E-state index >= 15 is 0 Å². The van der Waals surface area contributed by atoms with Gasteiger partial charge in [0, 0.05) is 11.5 Å². The van der Waals surface area contributed by atoms with Crippen LogP contribution in [0.2, 0.25) is 0 Å². The number of nitrogens with zero attached hydrogens (tertiary/aromatic N) is 1. The Hall–Kier alpha value is -0.150. The Balaban J connectivity index is 4.09. The molecule has 0 aromatic carbocycles. The molecule has 0 aliphatic rings. The van der Waals surface area contributed by atoms with Crippen molar-refractivity contribution in [1.82, 2.24) is 0 Å². The van der Waals surface area contributed by atoms with Crippen LogP contribution in [0, 0.1) is 0 Å².